The SMILES string of the molecule is CC(C)(C)[Si](C)(C)OCc1cc(N)ccc1I. The van der Waals surface area contributed by atoms with Gasteiger partial charge in [-0.05, 0) is 64.5 Å². The third-order valence-electron chi connectivity index (χ3n) is 3.46. The molecule has 17 heavy (non-hydrogen) atoms. The number of anilines is 1. The Balaban J connectivity index is 2.77. The van der Waals surface area contributed by atoms with Crippen LogP contribution in [0.2, 0.25) is 18.1 Å². The molecule has 0 aliphatic carbocycles. The average Bonchev–Trinajstić information content (AvgIpc) is 2.18. The largest absolute Gasteiger partial charge is 0.413 e. The first-order valence-electron chi connectivity index (χ1n) is 5.81. The molecule has 0 fully saturated rings. The zero-order chi connectivity index (χ0) is 13.3. The Morgan fingerprint density at radius 2 is 1.88 bits per heavy atom. The fraction of sp³-hybridized carbons (Fsp3) is 0.538. The zero-order valence-electron chi connectivity index (χ0n) is 11.3. The maximum Gasteiger partial charge on any atom is 0.192 e. The Morgan fingerprint density at radius 3 is 2.41 bits per heavy atom. The number of nitrogen functional groups attached to an aromatic ring is 1. The smallest absolute Gasteiger partial charge is 0.192 e. The highest BCUT2D eigenvalue weighted by molar-refractivity contribution is 14.1. The van der Waals surface area contributed by atoms with Crippen LogP contribution in [-0.4, -0.2) is 8.32 Å². The Labute approximate surface area is 119 Å². The van der Waals surface area contributed by atoms with Crippen molar-refractivity contribution < 1.29 is 4.43 Å². The van der Waals surface area contributed by atoms with E-state index in [1.54, 1.807) is 0 Å². The van der Waals surface area contributed by atoms with Gasteiger partial charge in [-0.1, -0.05) is 20.8 Å². The Hall–Kier alpha value is -0.0731. The highest BCUT2D eigenvalue weighted by Crippen LogP contribution is 2.37. The second-order valence-corrected chi connectivity index (χ2v) is 11.9. The first-order valence-corrected chi connectivity index (χ1v) is 9.80. The maximum atomic E-state index is 6.19. The molecule has 0 aromatic heterocycles. The molecule has 96 valence electrons. The van der Waals surface area contributed by atoms with E-state index in [2.05, 4.69) is 56.5 Å². The quantitative estimate of drug-likeness (QED) is 0.491. The van der Waals surface area contributed by atoms with E-state index in [0.29, 0.717) is 6.61 Å². The molecule has 2 N–H and O–H groups in total. The van der Waals surface area contributed by atoms with Crippen molar-refractivity contribution in [3.8, 4) is 0 Å². The van der Waals surface area contributed by atoms with Gasteiger partial charge in [-0.3, -0.25) is 0 Å². The van der Waals surface area contributed by atoms with Gasteiger partial charge in [-0.15, -0.1) is 0 Å². The average molecular weight is 363 g/mol. The fourth-order valence-corrected chi connectivity index (χ4v) is 2.62. The lowest BCUT2D eigenvalue weighted by Crippen LogP contribution is -2.40. The van der Waals surface area contributed by atoms with Crippen LogP contribution in [0.5, 0.6) is 0 Å². The predicted octanol–water partition coefficient (Wildman–Crippen LogP) is 4.40. The van der Waals surface area contributed by atoms with Crippen molar-refractivity contribution in [1.29, 1.82) is 0 Å². The first-order chi connectivity index (χ1) is 7.63. The highest BCUT2D eigenvalue weighted by Gasteiger charge is 2.37. The topological polar surface area (TPSA) is 35.2 Å². The summed E-state index contributed by atoms with van der Waals surface area (Å²) >= 11 is 2.33. The van der Waals surface area contributed by atoms with Gasteiger partial charge < -0.3 is 10.2 Å². The molecule has 0 saturated heterocycles. The van der Waals surface area contributed by atoms with Crippen molar-refractivity contribution in [2.75, 3.05) is 5.73 Å². The summed E-state index contributed by atoms with van der Waals surface area (Å²) in [5.74, 6) is 0. The molecule has 1 aromatic rings. The molecule has 1 rings (SSSR count). The molecule has 2 nitrogen and oxygen atoms in total. The van der Waals surface area contributed by atoms with Crippen molar-refractivity contribution in [2.24, 2.45) is 0 Å². The standard InChI is InChI=1S/C13H22INOSi/c1-13(2,3)17(4,5)16-9-10-8-11(15)6-7-12(10)14/h6-8H,9,15H2,1-5H3. The molecule has 0 unspecified atom stereocenters. The van der Waals surface area contributed by atoms with E-state index < -0.39 is 8.32 Å². The van der Waals surface area contributed by atoms with E-state index in [-0.39, 0.29) is 5.04 Å². The number of hydrogen-bond acceptors (Lipinski definition) is 2. The van der Waals surface area contributed by atoms with Crippen LogP contribution in [0.25, 0.3) is 0 Å². The van der Waals surface area contributed by atoms with Gasteiger partial charge in [0.25, 0.3) is 0 Å². The fourth-order valence-electron chi connectivity index (χ4n) is 1.18. The Bertz CT molecular complexity index is 399. The normalized spacial score (nSPS) is 12.8. The van der Waals surface area contributed by atoms with Gasteiger partial charge in [0.05, 0.1) is 6.61 Å². The summed E-state index contributed by atoms with van der Waals surface area (Å²) in [5.41, 5.74) is 7.80. The summed E-state index contributed by atoms with van der Waals surface area (Å²) in [6.07, 6.45) is 0. The first kappa shape index (κ1) is 15.0. The van der Waals surface area contributed by atoms with Gasteiger partial charge in [0, 0.05) is 9.26 Å². The van der Waals surface area contributed by atoms with Crippen LogP contribution in [0.15, 0.2) is 18.2 Å². The number of benzene rings is 1. The number of hydrogen-bond donors (Lipinski definition) is 1. The lowest BCUT2D eigenvalue weighted by atomic mass is 10.2. The molecule has 1 aromatic carbocycles. The zero-order valence-corrected chi connectivity index (χ0v) is 14.5. The van der Waals surface area contributed by atoms with Crippen LogP contribution >= 0.6 is 22.6 Å². The van der Waals surface area contributed by atoms with E-state index in [1.165, 1.54) is 9.13 Å². The van der Waals surface area contributed by atoms with Gasteiger partial charge in [-0.2, -0.15) is 0 Å². The van der Waals surface area contributed by atoms with Crippen molar-refractivity contribution in [1.82, 2.24) is 0 Å². The molecule has 4 heteroatoms. The Morgan fingerprint density at radius 1 is 1.29 bits per heavy atom. The minimum absolute atomic E-state index is 0.249. The molecule has 0 bridgehead atoms. The molecule has 0 heterocycles. The molecular weight excluding hydrogens is 341 g/mol. The summed E-state index contributed by atoms with van der Waals surface area (Å²) in [5, 5.41) is 0.249. The summed E-state index contributed by atoms with van der Waals surface area (Å²) in [6.45, 7) is 12.0. The lowest BCUT2D eigenvalue weighted by Gasteiger charge is -2.36. The van der Waals surface area contributed by atoms with Crippen LogP contribution in [0.4, 0.5) is 5.69 Å². The minimum Gasteiger partial charge on any atom is -0.413 e. The third kappa shape index (κ3) is 3.96. The molecule has 0 aliphatic heterocycles. The number of halogens is 1. The Kier molecular flexibility index (Phi) is 4.65. The molecule has 0 spiro atoms. The summed E-state index contributed by atoms with van der Waals surface area (Å²) in [6, 6.07) is 5.98. The van der Waals surface area contributed by atoms with Crippen LogP contribution in [-0.2, 0) is 11.0 Å². The minimum atomic E-state index is -1.67. The molecule has 0 radical (unpaired) electrons. The van der Waals surface area contributed by atoms with Crippen LogP contribution in [0.3, 0.4) is 0 Å². The number of nitrogens with two attached hydrogens (primary N) is 1. The van der Waals surface area contributed by atoms with Gasteiger partial charge in [0.1, 0.15) is 0 Å². The van der Waals surface area contributed by atoms with Crippen LogP contribution in [0.1, 0.15) is 26.3 Å². The van der Waals surface area contributed by atoms with Crippen LogP contribution in [0, 0.1) is 3.57 Å². The van der Waals surface area contributed by atoms with Gasteiger partial charge in [0.2, 0.25) is 0 Å². The van der Waals surface area contributed by atoms with E-state index in [0.717, 1.165) is 5.69 Å². The van der Waals surface area contributed by atoms with Crippen molar-refractivity contribution in [3.05, 3.63) is 27.3 Å². The van der Waals surface area contributed by atoms with E-state index in [9.17, 15) is 0 Å². The van der Waals surface area contributed by atoms with Gasteiger partial charge in [0.15, 0.2) is 8.32 Å². The monoisotopic (exact) mass is 363 g/mol. The highest BCUT2D eigenvalue weighted by atomic mass is 127. The van der Waals surface area contributed by atoms with E-state index in [1.807, 2.05) is 18.2 Å². The molecular formula is C13H22INOSi. The maximum absolute atomic E-state index is 6.19. The second kappa shape index (κ2) is 5.28. The molecule has 0 aliphatic rings. The third-order valence-corrected chi connectivity index (χ3v) is 9.00. The van der Waals surface area contributed by atoms with Crippen molar-refractivity contribution in [3.63, 3.8) is 0 Å². The number of rotatable bonds is 3. The van der Waals surface area contributed by atoms with E-state index in [4.69, 9.17) is 10.2 Å². The summed E-state index contributed by atoms with van der Waals surface area (Å²) in [4.78, 5) is 0. The molecule has 0 atom stereocenters. The molecule has 0 amide bonds. The predicted molar refractivity (Wildman–Crippen MR) is 85.6 cm³/mol. The van der Waals surface area contributed by atoms with Crippen molar-refractivity contribution >= 4 is 36.6 Å². The van der Waals surface area contributed by atoms with Gasteiger partial charge in [-0.25, -0.2) is 0 Å². The molecule has 0 saturated carbocycles. The van der Waals surface area contributed by atoms with Crippen molar-refractivity contribution in [2.45, 2.75) is 45.5 Å². The second-order valence-electron chi connectivity index (χ2n) is 5.90. The summed E-state index contributed by atoms with van der Waals surface area (Å²) in [7, 11) is -1.67. The lowest BCUT2D eigenvalue weighted by molar-refractivity contribution is 0.275. The van der Waals surface area contributed by atoms with Gasteiger partial charge >= 0.3 is 0 Å². The van der Waals surface area contributed by atoms with Crippen LogP contribution < -0.4 is 5.73 Å². The summed E-state index contributed by atoms with van der Waals surface area (Å²) < 4.78 is 7.41. The van der Waals surface area contributed by atoms with E-state index >= 15 is 0 Å².